The SMILES string of the molecule is CNc1ccc(C=Cc2cnc(OCCOCCF)nc2)cn1. The highest BCUT2D eigenvalue weighted by molar-refractivity contribution is 5.68. The molecule has 0 spiro atoms. The minimum absolute atomic E-state index is 0.0815. The maximum absolute atomic E-state index is 11.8. The number of rotatable bonds is 9. The van der Waals surface area contributed by atoms with E-state index in [0.29, 0.717) is 13.2 Å². The summed E-state index contributed by atoms with van der Waals surface area (Å²) in [6, 6.07) is 4.13. The second-order valence-electron chi connectivity index (χ2n) is 4.51. The van der Waals surface area contributed by atoms with Crippen molar-refractivity contribution in [1.82, 2.24) is 15.0 Å². The molecule has 0 saturated heterocycles. The summed E-state index contributed by atoms with van der Waals surface area (Å²) in [4.78, 5) is 12.4. The average Bonchev–Trinajstić information content (AvgIpc) is 2.61. The van der Waals surface area contributed by atoms with E-state index in [0.717, 1.165) is 16.9 Å². The van der Waals surface area contributed by atoms with Gasteiger partial charge in [0.1, 0.15) is 19.1 Å². The van der Waals surface area contributed by atoms with Gasteiger partial charge >= 0.3 is 6.01 Å². The Morgan fingerprint density at radius 2 is 1.74 bits per heavy atom. The minimum atomic E-state index is -0.495. The van der Waals surface area contributed by atoms with E-state index < -0.39 is 6.67 Å². The van der Waals surface area contributed by atoms with Crippen molar-refractivity contribution in [2.75, 3.05) is 38.9 Å². The first-order valence-corrected chi connectivity index (χ1v) is 7.22. The number of halogens is 1. The second-order valence-corrected chi connectivity index (χ2v) is 4.51. The predicted octanol–water partition coefficient (Wildman–Crippen LogP) is 2.45. The topological polar surface area (TPSA) is 69.2 Å². The number of nitrogens with one attached hydrogen (secondary N) is 1. The molecule has 0 bridgehead atoms. The lowest BCUT2D eigenvalue weighted by Crippen LogP contribution is -2.09. The standard InChI is InChI=1S/C16H19FN4O2/c1-18-15-5-4-13(10-19-15)2-3-14-11-20-16(21-12-14)23-9-8-22-7-6-17/h2-5,10-12H,6-9H2,1H3,(H,18,19). The van der Waals surface area contributed by atoms with Crippen molar-refractivity contribution in [1.29, 1.82) is 0 Å². The van der Waals surface area contributed by atoms with Crippen LogP contribution in [-0.2, 0) is 4.74 Å². The fourth-order valence-corrected chi connectivity index (χ4v) is 1.68. The molecule has 0 unspecified atom stereocenters. The summed E-state index contributed by atoms with van der Waals surface area (Å²) >= 11 is 0. The molecule has 0 aliphatic heterocycles. The van der Waals surface area contributed by atoms with Crippen molar-refractivity contribution in [3.63, 3.8) is 0 Å². The van der Waals surface area contributed by atoms with E-state index in [-0.39, 0.29) is 12.6 Å². The van der Waals surface area contributed by atoms with Crippen LogP contribution in [0.1, 0.15) is 11.1 Å². The third-order valence-electron chi connectivity index (χ3n) is 2.84. The summed E-state index contributed by atoms with van der Waals surface area (Å²) in [6.07, 6.45) is 8.92. The lowest BCUT2D eigenvalue weighted by molar-refractivity contribution is 0.0868. The van der Waals surface area contributed by atoms with Crippen molar-refractivity contribution in [3.05, 3.63) is 41.9 Å². The first kappa shape index (κ1) is 16.8. The summed E-state index contributed by atoms with van der Waals surface area (Å²) in [5.74, 6) is 0.822. The van der Waals surface area contributed by atoms with Crippen LogP contribution in [0.2, 0.25) is 0 Å². The number of pyridine rings is 1. The van der Waals surface area contributed by atoms with Crippen LogP contribution >= 0.6 is 0 Å². The van der Waals surface area contributed by atoms with Crippen LogP contribution in [-0.4, -0.2) is 48.5 Å². The summed E-state index contributed by atoms with van der Waals surface area (Å²) in [7, 11) is 1.83. The van der Waals surface area contributed by atoms with Crippen molar-refractivity contribution < 1.29 is 13.9 Å². The molecule has 0 saturated carbocycles. The van der Waals surface area contributed by atoms with Crippen molar-refractivity contribution in [2.45, 2.75) is 0 Å². The van der Waals surface area contributed by atoms with Gasteiger partial charge in [-0.1, -0.05) is 12.2 Å². The van der Waals surface area contributed by atoms with Gasteiger partial charge in [0, 0.05) is 31.2 Å². The molecule has 0 radical (unpaired) electrons. The highest BCUT2D eigenvalue weighted by Gasteiger charge is 1.97. The maximum atomic E-state index is 11.8. The number of nitrogens with zero attached hydrogens (tertiary/aromatic N) is 3. The maximum Gasteiger partial charge on any atom is 0.316 e. The van der Waals surface area contributed by atoms with Gasteiger partial charge in [-0.15, -0.1) is 0 Å². The van der Waals surface area contributed by atoms with Crippen LogP contribution < -0.4 is 10.1 Å². The predicted molar refractivity (Wildman–Crippen MR) is 87.0 cm³/mol. The molecule has 23 heavy (non-hydrogen) atoms. The zero-order valence-electron chi connectivity index (χ0n) is 12.9. The number of alkyl halides is 1. The molecule has 2 aromatic rings. The number of anilines is 1. The van der Waals surface area contributed by atoms with Gasteiger partial charge in [0.15, 0.2) is 0 Å². The van der Waals surface area contributed by atoms with Crippen molar-refractivity contribution in [3.8, 4) is 6.01 Å². The van der Waals surface area contributed by atoms with Gasteiger partial charge < -0.3 is 14.8 Å². The van der Waals surface area contributed by atoms with E-state index in [1.54, 1.807) is 18.6 Å². The van der Waals surface area contributed by atoms with E-state index in [4.69, 9.17) is 9.47 Å². The van der Waals surface area contributed by atoms with Gasteiger partial charge in [-0.3, -0.25) is 0 Å². The molecule has 7 heteroatoms. The molecule has 0 amide bonds. The molecule has 6 nitrogen and oxygen atoms in total. The quantitative estimate of drug-likeness (QED) is 0.716. The van der Waals surface area contributed by atoms with E-state index in [1.165, 1.54) is 0 Å². The Bertz CT molecular complexity index is 602. The lowest BCUT2D eigenvalue weighted by atomic mass is 10.2. The highest BCUT2D eigenvalue weighted by Crippen LogP contribution is 2.10. The average molecular weight is 318 g/mol. The molecule has 1 N–H and O–H groups in total. The second kappa shape index (κ2) is 9.47. The van der Waals surface area contributed by atoms with Gasteiger partial charge in [-0.25, -0.2) is 19.3 Å². The summed E-state index contributed by atoms with van der Waals surface area (Å²) in [6.45, 7) is 0.187. The normalized spacial score (nSPS) is 10.9. The molecular weight excluding hydrogens is 299 g/mol. The first-order valence-electron chi connectivity index (χ1n) is 7.22. The van der Waals surface area contributed by atoms with Crippen LogP contribution in [0, 0.1) is 0 Å². The van der Waals surface area contributed by atoms with Crippen LogP contribution in [0.3, 0.4) is 0 Å². The Labute approximate surface area is 134 Å². The van der Waals surface area contributed by atoms with Gasteiger partial charge in [-0.05, 0) is 17.7 Å². The highest BCUT2D eigenvalue weighted by atomic mass is 19.1. The molecule has 0 aliphatic rings. The molecule has 0 fully saturated rings. The summed E-state index contributed by atoms with van der Waals surface area (Å²) in [5.41, 5.74) is 1.83. The fourth-order valence-electron chi connectivity index (χ4n) is 1.68. The Balaban J connectivity index is 1.82. The van der Waals surface area contributed by atoms with Crippen LogP contribution in [0.25, 0.3) is 12.2 Å². The monoisotopic (exact) mass is 318 g/mol. The number of hydrogen-bond acceptors (Lipinski definition) is 6. The fraction of sp³-hybridized carbons (Fsp3) is 0.312. The van der Waals surface area contributed by atoms with E-state index in [9.17, 15) is 4.39 Å². The van der Waals surface area contributed by atoms with Gasteiger partial charge in [0.25, 0.3) is 0 Å². The third-order valence-corrected chi connectivity index (χ3v) is 2.84. The molecule has 122 valence electrons. The van der Waals surface area contributed by atoms with E-state index in [2.05, 4.69) is 20.3 Å². The Morgan fingerprint density at radius 3 is 2.39 bits per heavy atom. The summed E-state index contributed by atoms with van der Waals surface area (Å²) < 4.78 is 22.1. The van der Waals surface area contributed by atoms with Gasteiger partial charge in [0.05, 0.1) is 13.2 Å². The van der Waals surface area contributed by atoms with Crippen LogP contribution in [0.15, 0.2) is 30.7 Å². The van der Waals surface area contributed by atoms with Crippen LogP contribution in [0.4, 0.5) is 10.2 Å². The molecule has 0 atom stereocenters. The minimum Gasteiger partial charge on any atom is -0.461 e. The lowest BCUT2D eigenvalue weighted by Gasteiger charge is -2.04. The number of aromatic nitrogens is 3. The van der Waals surface area contributed by atoms with Crippen molar-refractivity contribution >= 4 is 18.0 Å². The molecule has 2 heterocycles. The first-order chi connectivity index (χ1) is 11.3. The third kappa shape index (κ3) is 5.99. The van der Waals surface area contributed by atoms with E-state index >= 15 is 0 Å². The number of hydrogen-bond donors (Lipinski definition) is 1. The van der Waals surface area contributed by atoms with Gasteiger partial charge in [-0.2, -0.15) is 0 Å². The zero-order chi connectivity index (χ0) is 16.3. The largest absolute Gasteiger partial charge is 0.461 e. The molecule has 2 aromatic heterocycles. The zero-order valence-corrected chi connectivity index (χ0v) is 12.9. The van der Waals surface area contributed by atoms with E-state index in [1.807, 2.05) is 31.3 Å². The Kier molecular flexibility index (Phi) is 6.93. The molecular formula is C16H19FN4O2. The Hall–Kier alpha value is -2.54. The van der Waals surface area contributed by atoms with Gasteiger partial charge in [0.2, 0.25) is 0 Å². The molecule has 0 aromatic carbocycles. The van der Waals surface area contributed by atoms with Crippen molar-refractivity contribution in [2.24, 2.45) is 0 Å². The summed E-state index contributed by atoms with van der Waals surface area (Å²) in [5, 5.41) is 2.97. The molecule has 0 aliphatic carbocycles. The Morgan fingerprint density at radius 1 is 1.00 bits per heavy atom. The smallest absolute Gasteiger partial charge is 0.316 e. The molecule has 2 rings (SSSR count). The van der Waals surface area contributed by atoms with Crippen LogP contribution in [0.5, 0.6) is 6.01 Å². The number of ether oxygens (including phenoxy) is 2.